The van der Waals surface area contributed by atoms with Crippen LogP contribution in [0, 0.1) is 5.92 Å². The van der Waals surface area contributed by atoms with Gasteiger partial charge in [0, 0.05) is 17.1 Å². The van der Waals surface area contributed by atoms with Crippen molar-refractivity contribution in [3.63, 3.8) is 0 Å². The van der Waals surface area contributed by atoms with Crippen LogP contribution in [0.4, 0.5) is 0 Å². The summed E-state index contributed by atoms with van der Waals surface area (Å²) in [5, 5.41) is 0. The van der Waals surface area contributed by atoms with E-state index < -0.39 is 0 Å². The first kappa shape index (κ1) is 13.1. The van der Waals surface area contributed by atoms with E-state index in [0.29, 0.717) is 12.0 Å². The first-order valence-electron chi connectivity index (χ1n) is 6.34. The Bertz CT molecular complexity index is 392. The van der Waals surface area contributed by atoms with Crippen LogP contribution in [0.25, 0.3) is 0 Å². The van der Waals surface area contributed by atoms with Gasteiger partial charge in [-0.3, -0.25) is 4.90 Å². The first-order valence-corrected chi connectivity index (χ1v) is 7.13. The van der Waals surface area contributed by atoms with Gasteiger partial charge in [-0.15, -0.1) is 0 Å². The molecule has 2 nitrogen and oxygen atoms in total. The molecule has 0 amide bonds. The summed E-state index contributed by atoms with van der Waals surface area (Å²) < 4.78 is 1.18. The summed E-state index contributed by atoms with van der Waals surface area (Å²) in [7, 11) is 2.21. The number of benzene rings is 1. The first-order chi connectivity index (χ1) is 8.15. The zero-order valence-corrected chi connectivity index (χ0v) is 12.2. The molecule has 1 fully saturated rings. The Balaban J connectivity index is 2.28. The number of nitrogens with two attached hydrogens (primary N) is 1. The minimum Gasteiger partial charge on any atom is -0.330 e. The third kappa shape index (κ3) is 2.72. The highest BCUT2D eigenvalue weighted by atomic mass is 79.9. The second-order valence-electron chi connectivity index (χ2n) is 4.99. The van der Waals surface area contributed by atoms with Crippen molar-refractivity contribution in [1.29, 1.82) is 0 Å². The molecule has 0 saturated carbocycles. The molecular weight excluding hydrogens is 276 g/mol. The fourth-order valence-corrected chi connectivity index (χ4v) is 3.25. The summed E-state index contributed by atoms with van der Waals surface area (Å²) in [5.41, 5.74) is 8.73. The average molecular weight is 297 g/mol. The Morgan fingerprint density at radius 3 is 2.82 bits per heavy atom. The number of rotatable bonds is 3. The van der Waals surface area contributed by atoms with Gasteiger partial charge in [0.05, 0.1) is 0 Å². The molecule has 2 rings (SSSR count). The number of aryl methyl sites for hydroxylation is 1. The molecule has 3 heteroatoms. The average Bonchev–Trinajstić information content (AvgIpc) is 2.70. The maximum atomic E-state index is 5.80. The molecule has 1 aromatic carbocycles. The molecule has 2 N–H and O–H groups in total. The Morgan fingerprint density at radius 1 is 1.47 bits per heavy atom. The molecular formula is C14H21BrN2. The quantitative estimate of drug-likeness (QED) is 0.929. The van der Waals surface area contributed by atoms with Crippen molar-refractivity contribution in [2.24, 2.45) is 11.7 Å². The van der Waals surface area contributed by atoms with Gasteiger partial charge in [-0.1, -0.05) is 28.9 Å². The lowest BCUT2D eigenvalue weighted by atomic mass is 9.95. The molecule has 0 bridgehead atoms. The van der Waals surface area contributed by atoms with Crippen LogP contribution in [-0.2, 0) is 6.42 Å². The Hall–Kier alpha value is -0.380. The predicted molar refractivity (Wildman–Crippen MR) is 76.1 cm³/mol. The molecule has 0 spiro atoms. The van der Waals surface area contributed by atoms with E-state index in [4.69, 9.17) is 5.73 Å². The highest BCUT2D eigenvalue weighted by molar-refractivity contribution is 9.10. The standard InChI is InChI=1S/C14H21BrN2/c1-3-11-7-12(15)4-5-13(11)14-6-10(8-16)9-17(14)2/h4-5,7,10,14H,3,6,8-9,16H2,1-2H3. The number of likely N-dealkylation sites (tertiary alicyclic amines) is 1. The molecule has 1 aliphatic heterocycles. The fraction of sp³-hybridized carbons (Fsp3) is 0.571. The van der Waals surface area contributed by atoms with Crippen LogP contribution in [0.1, 0.15) is 30.5 Å². The van der Waals surface area contributed by atoms with E-state index in [1.807, 2.05) is 0 Å². The van der Waals surface area contributed by atoms with Crippen molar-refractivity contribution in [2.45, 2.75) is 25.8 Å². The van der Waals surface area contributed by atoms with Crippen LogP contribution in [0.3, 0.4) is 0 Å². The minimum atomic E-state index is 0.548. The number of nitrogens with zero attached hydrogens (tertiary/aromatic N) is 1. The van der Waals surface area contributed by atoms with E-state index in [-0.39, 0.29) is 0 Å². The molecule has 1 aromatic rings. The highest BCUT2D eigenvalue weighted by Gasteiger charge is 2.30. The maximum absolute atomic E-state index is 5.80. The molecule has 1 heterocycles. The lowest BCUT2D eigenvalue weighted by molar-refractivity contribution is 0.312. The van der Waals surface area contributed by atoms with E-state index in [1.54, 1.807) is 0 Å². The van der Waals surface area contributed by atoms with Gasteiger partial charge >= 0.3 is 0 Å². The van der Waals surface area contributed by atoms with Gasteiger partial charge in [-0.05, 0) is 55.6 Å². The third-order valence-corrected chi connectivity index (χ3v) is 4.31. The SMILES string of the molecule is CCc1cc(Br)ccc1C1CC(CN)CN1C. The second kappa shape index (κ2) is 5.51. The van der Waals surface area contributed by atoms with Gasteiger partial charge < -0.3 is 5.73 Å². The molecule has 1 aliphatic rings. The van der Waals surface area contributed by atoms with E-state index in [2.05, 4.69) is 53.0 Å². The van der Waals surface area contributed by atoms with Gasteiger partial charge in [0.25, 0.3) is 0 Å². The van der Waals surface area contributed by atoms with E-state index in [0.717, 1.165) is 19.5 Å². The topological polar surface area (TPSA) is 29.3 Å². The van der Waals surface area contributed by atoms with Crippen molar-refractivity contribution in [3.05, 3.63) is 33.8 Å². The summed E-state index contributed by atoms with van der Waals surface area (Å²) in [6.07, 6.45) is 2.29. The zero-order valence-electron chi connectivity index (χ0n) is 10.6. The molecule has 94 valence electrons. The highest BCUT2D eigenvalue weighted by Crippen LogP contribution is 2.36. The monoisotopic (exact) mass is 296 g/mol. The Labute approximate surface area is 112 Å². The van der Waals surface area contributed by atoms with Crippen LogP contribution in [0.5, 0.6) is 0 Å². The van der Waals surface area contributed by atoms with Gasteiger partial charge in [-0.2, -0.15) is 0 Å². The van der Waals surface area contributed by atoms with Crippen molar-refractivity contribution in [3.8, 4) is 0 Å². The summed E-state index contributed by atoms with van der Waals surface area (Å²) in [4.78, 5) is 2.44. The van der Waals surface area contributed by atoms with E-state index in [1.165, 1.54) is 22.0 Å². The molecule has 0 radical (unpaired) electrons. The number of hydrogen-bond acceptors (Lipinski definition) is 2. The molecule has 2 atom stereocenters. The number of halogens is 1. The molecule has 1 saturated heterocycles. The lowest BCUT2D eigenvalue weighted by Gasteiger charge is -2.22. The van der Waals surface area contributed by atoms with E-state index in [9.17, 15) is 0 Å². The largest absolute Gasteiger partial charge is 0.330 e. The smallest absolute Gasteiger partial charge is 0.0351 e. The Morgan fingerprint density at radius 2 is 2.24 bits per heavy atom. The third-order valence-electron chi connectivity index (χ3n) is 3.81. The van der Waals surface area contributed by atoms with Gasteiger partial charge in [0.1, 0.15) is 0 Å². The van der Waals surface area contributed by atoms with Gasteiger partial charge in [0.15, 0.2) is 0 Å². The zero-order chi connectivity index (χ0) is 12.4. The summed E-state index contributed by atoms with van der Waals surface area (Å²) in [6.45, 7) is 4.15. The lowest BCUT2D eigenvalue weighted by Crippen LogP contribution is -2.21. The van der Waals surface area contributed by atoms with Crippen LogP contribution in [-0.4, -0.2) is 25.0 Å². The molecule has 0 aromatic heterocycles. The molecule has 0 aliphatic carbocycles. The summed E-state index contributed by atoms with van der Waals surface area (Å²) in [6, 6.07) is 7.21. The normalized spacial score (nSPS) is 25.4. The van der Waals surface area contributed by atoms with Crippen molar-refractivity contribution in [2.75, 3.05) is 20.1 Å². The van der Waals surface area contributed by atoms with Crippen LogP contribution >= 0.6 is 15.9 Å². The van der Waals surface area contributed by atoms with E-state index >= 15 is 0 Å². The Kier molecular flexibility index (Phi) is 4.23. The molecule has 17 heavy (non-hydrogen) atoms. The van der Waals surface area contributed by atoms with Crippen molar-refractivity contribution in [1.82, 2.24) is 4.90 Å². The van der Waals surface area contributed by atoms with Crippen molar-refractivity contribution < 1.29 is 0 Å². The van der Waals surface area contributed by atoms with Crippen LogP contribution < -0.4 is 5.73 Å². The second-order valence-corrected chi connectivity index (χ2v) is 5.91. The summed E-state index contributed by atoms with van der Waals surface area (Å²) in [5.74, 6) is 0.651. The van der Waals surface area contributed by atoms with Crippen molar-refractivity contribution >= 4 is 15.9 Å². The number of hydrogen-bond donors (Lipinski definition) is 1. The van der Waals surface area contributed by atoms with Crippen LogP contribution in [0.15, 0.2) is 22.7 Å². The molecule has 2 unspecified atom stereocenters. The fourth-order valence-electron chi connectivity index (χ4n) is 2.85. The minimum absolute atomic E-state index is 0.548. The van der Waals surface area contributed by atoms with Crippen LogP contribution in [0.2, 0.25) is 0 Å². The van der Waals surface area contributed by atoms with Gasteiger partial charge in [-0.25, -0.2) is 0 Å². The maximum Gasteiger partial charge on any atom is 0.0351 e. The predicted octanol–water partition coefficient (Wildman–Crippen LogP) is 2.96. The van der Waals surface area contributed by atoms with Gasteiger partial charge in [0.2, 0.25) is 0 Å². The summed E-state index contributed by atoms with van der Waals surface area (Å²) >= 11 is 3.55.